The van der Waals surface area contributed by atoms with Gasteiger partial charge in [0, 0.05) is 11.5 Å². The summed E-state index contributed by atoms with van der Waals surface area (Å²) in [5, 5.41) is 18.8. The smallest absolute Gasteiger partial charge is 0.331 e. The third kappa shape index (κ3) is 1.89. The van der Waals surface area contributed by atoms with Gasteiger partial charge in [-0.15, -0.1) is 0 Å². The largest absolute Gasteiger partial charge is 0.478 e. The Morgan fingerprint density at radius 3 is 2.71 bits per heavy atom. The molecule has 3 heteroatoms. The van der Waals surface area contributed by atoms with Crippen LogP contribution in [0.4, 0.5) is 0 Å². The van der Waals surface area contributed by atoms with E-state index < -0.39 is 12.1 Å². The maximum atomic E-state index is 10.9. The van der Waals surface area contributed by atoms with Gasteiger partial charge in [0.2, 0.25) is 0 Å². The maximum Gasteiger partial charge on any atom is 0.331 e. The molecule has 0 heterocycles. The lowest BCUT2D eigenvalue weighted by Gasteiger charge is -2.14. The minimum absolute atomic E-state index is 0.139. The molecule has 2 rings (SSSR count). The number of fused-ring (bicyclic) bond motifs is 1. The number of carboxylic acids is 1. The SMILES string of the molecule is C=C(C(=O)O)C(C)C1=CC(O)c2ccccc21. The Balaban J connectivity index is 2.39. The zero-order chi connectivity index (χ0) is 12.6. The van der Waals surface area contributed by atoms with Crippen molar-refractivity contribution in [1.82, 2.24) is 0 Å². The lowest BCUT2D eigenvalue weighted by Crippen LogP contribution is -2.09. The van der Waals surface area contributed by atoms with E-state index in [4.69, 9.17) is 5.11 Å². The fourth-order valence-electron chi connectivity index (χ4n) is 2.12. The first-order chi connectivity index (χ1) is 8.02. The molecule has 3 nitrogen and oxygen atoms in total. The summed E-state index contributed by atoms with van der Waals surface area (Å²) in [5.74, 6) is -1.30. The molecule has 88 valence electrons. The molecule has 0 radical (unpaired) electrons. The molecule has 2 unspecified atom stereocenters. The van der Waals surface area contributed by atoms with E-state index in [1.807, 2.05) is 24.3 Å². The van der Waals surface area contributed by atoms with Crippen molar-refractivity contribution in [3.05, 3.63) is 53.6 Å². The quantitative estimate of drug-likeness (QED) is 0.784. The Hall–Kier alpha value is -1.87. The Bertz CT molecular complexity index is 514. The number of aliphatic hydroxyl groups excluding tert-OH is 1. The second-order valence-electron chi connectivity index (χ2n) is 4.21. The van der Waals surface area contributed by atoms with Gasteiger partial charge in [0.15, 0.2) is 0 Å². The van der Waals surface area contributed by atoms with Crippen LogP contribution in [0.2, 0.25) is 0 Å². The zero-order valence-electron chi connectivity index (χ0n) is 9.55. The minimum atomic E-state index is -1.00. The van der Waals surface area contributed by atoms with E-state index in [-0.39, 0.29) is 11.5 Å². The average Bonchev–Trinajstić information content (AvgIpc) is 2.65. The molecule has 0 aromatic heterocycles. The molecule has 1 aliphatic rings. The Labute approximate surface area is 99.7 Å². The Morgan fingerprint density at radius 2 is 2.06 bits per heavy atom. The summed E-state index contributed by atoms with van der Waals surface area (Å²) in [7, 11) is 0. The topological polar surface area (TPSA) is 57.5 Å². The lowest BCUT2D eigenvalue weighted by molar-refractivity contribution is -0.133. The number of hydrogen-bond acceptors (Lipinski definition) is 2. The van der Waals surface area contributed by atoms with Crippen LogP contribution in [-0.2, 0) is 4.79 Å². The highest BCUT2D eigenvalue weighted by molar-refractivity contribution is 5.91. The standard InChI is InChI=1S/C14H14O3/c1-8(9(2)14(16)17)12-7-13(15)11-6-4-3-5-10(11)12/h3-8,13,15H,2H2,1H3,(H,16,17). The molecule has 0 fully saturated rings. The summed E-state index contributed by atoms with van der Waals surface area (Å²) in [6.07, 6.45) is 1.05. The number of aliphatic carboxylic acids is 1. The van der Waals surface area contributed by atoms with Crippen molar-refractivity contribution < 1.29 is 15.0 Å². The normalized spacial score (nSPS) is 19.4. The van der Waals surface area contributed by atoms with E-state index in [1.165, 1.54) is 0 Å². The first kappa shape index (κ1) is 11.6. The van der Waals surface area contributed by atoms with E-state index in [9.17, 15) is 9.90 Å². The minimum Gasteiger partial charge on any atom is -0.478 e. The van der Waals surface area contributed by atoms with E-state index in [0.717, 1.165) is 16.7 Å². The molecule has 17 heavy (non-hydrogen) atoms. The molecule has 0 saturated heterocycles. The zero-order valence-corrected chi connectivity index (χ0v) is 9.55. The van der Waals surface area contributed by atoms with Gasteiger partial charge in [0.1, 0.15) is 0 Å². The average molecular weight is 230 g/mol. The molecule has 1 aliphatic carbocycles. The summed E-state index contributed by atoms with van der Waals surface area (Å²) in [5.41, 5.74) is 2.71. The molecule has 0 aliphatic heterocycles. The monoisotopic (exact) mass is 230 g/mol. The van der Waals surface area contributed by atoms with Gasteiger partial charge >= 0.3 is 5.97 Å². The van der Waals surface area contributed by atoms with Crippen molar-refractivity contribution in [2.24, 2.45) is 5.92 Å². The highest BCUT2D eigenvalue weighted by Crippen LogP contribution is 2.40. The van der Waals surface area contributed by atoms with Gasteiger partial charge in [-0.25, -0.2) is 4.79 Å². The predicted molar refractivity (Wildman–Crippen MR) is 65.3 cm³/mol. The maximum absolute atomic E-state index is 10.9. The van der Waals surface area contributed by atoms with Gasteiger partial charge in [-0.1, -0.05) is 37.8 Å². The molecule has 2 N–H and O–H groups in total. The van der Waals surface area contributed by atoms with Crippen LogP contribution in [0, 0.1) is 5.92 Å². The molecule has 1 aromatic carbocycles. The van der Waals surface area contributed by atoms with Crippen molar-refractivity contribution in [3.8, 4) is 0 Å². The Morgan fingerprint density at radius 1 is 1.41 bits per heavy atom. The molecular formula is C14H14O3. The highest BCUT2D eigenvalue weighted by atomic mass is 16.4. The summed E-state index contributed by atoms with van der Waals surface area (Å²) in [6, 6.07) is 7.47. The summed E-state index contributed by atoms with van der Waals surface area (Å²) >= 11 is 0. The fraction of sp³-hybridized carbons (Fsp3) is 0.214. The first-order valence-electron chi connectivity index (χ1n) is 5.43. The van der Waals surface area contributed by atoms with E-state index >= 15 is 0 Å². The van der Waals surface area contributed by atoms with Crippen molar-refractivity contribution >= 4 is 11.5 Å². The van der Waals surface area contributed by atoms with Crippen LogP contribution < -0.4 is 0 Å². The molecule has 1 aromatic rings. The number of carboxylic acid groups (broad SMARTS) is 1. The van der Waals surface area contributed by atoms with Crippen LogP contribution in [0.15, 0.2) is 42.5 Å². The second-order valence-corrected chi connectivity index (χ2v) is 4.21. The molecule has 0 bridgehead atoms. The summed E-state index contributed by atoms with van der Waals surface area (Å²) in [6.45, 7) is 5.36. The number of carbonyl (C=O) groups is 1. The molecule has 0 spiro atoms. The predicted octanol–water partition coefficient (Wildman–Crippen LogP) is 2.39. The van der Waals surface area contributed by atoms with Crippen LogP contribution in [0.5, 0.6) is 0 Å². The van der Waals surface area contributed by atoms with Crippen LogP contribution in [0.3, 0.4) is 0 Å². The Kier molecular flexibility index (Phi) is 2.86. The molecular weight excluding hydrogens is 216 g/mol. The number of allylic oxidation sites excluding steroid dienone is 1. The van der Waals surface area contributed by atoms with Crippen molar-refractivity contribution in [1.29, 1.82) is 0 Å². The lowest BCUT2D eigenvalue weighted by atomic mass is 9.90. The fourth-order valence-corrected chi connectivity index (χ4v) is 2.12. The summed E-state index contributed by atoms with van der Waals surface area (Å²) in [4.78, 5) is 10.9. The van der Waals surface area contributed by atoms with Gasteiger partial charge < -0.3 is 10.2 Å². The van der Waals surface area contributed by atoms with Crippen LogP contribution in [0.1, 0.15) is 24.2 Å². The van der Waals surface area contributed by atoms with Gasteiger partial charge in [-0.2, -0.15) is 0 Å². The van der Waals surface area contributed by atoms with E-state index in [2.05, 4.69) is 6.58 Å². The van der Waals surface area contributed by atoms with Gasteiger partial charge in [0.05, 0.1) is 6.10 Å². The molecule has 2 atom stereocenters. The molecule has 0 saturated carbocycles. The number of benzene rings is 1. The van der Waals surface area contributed by atoms with Crippen molar-refractivity contribution in [2.45, 2.75) is 13.0 Å². The van der Waals surface area contributed by atoms with Crippen LogP contribution >= 0.6 is 0 Å². The third-order valence-electron chi connectivity index (χ3n) is 3.19. The number of hydrogen-bond donors (Lipinski definition) is 2. The molecule has 0 amide bonds. The van der Waals surface area contributed by atoms with E-state index in [1.54, 1.807) is 13.0 Å². The highest BCUT2D eigenvalue weighted by Gasteiger charge is 2.27. The van der Waals surface area contributed by atoms with Crippen LogP contribution in [0.25, 0.3) is 5.57 Å². The second kappa shape index (κ2) is 4.18. The first-order valence-corrected chi connectivity index (χ1v) is 5.43. The van der Waals surface area contributed by atoms with Crippen molar-refractivity contribution in [2.75, 3.05) is 0 Å². The van der Waals surface area contributed by atoms with Crippen LogP contribution in [-0.4, -0.2) is 16.2 Å². The van der Waals surface area contributed by atoms with E-state index in [0.29, 0.717) is 0 Å². The van der Waals surface area contributed by atoms with Gasteiger partial charge in [-0.3, -0.25) is 0 Å². The number of aliphatic hydroxyl groups is 1. The van der Waals surface area contributed by atoms with Crippen molar-refractivity contribution in [3.63, 3.8) is 0 Å². The number of rotatable bonds is 3. The summed E-state index contributed by atoms with van der Waals surface area (Å²) < 4.78 is 0. The van der Waals surface area contributed by atoms with Gasteiger partial charge in [0.25, 0.3) is 0 Å². The van der Waals surface area contributed by atoms with Gasteiger partial charge in [-0.05, 0) is 22.8 Å². The third-order valence-corrected chi connectivity index (χ3v) is 3.19.